The maximum atomic E-state index is 12.6. The molecule has 1 aromatic heterocycles. The van der Waals surface area contributed by atoms with Gasteiger partial charge in [0.1, 0.15) is 0 Å². The lowest BCUT2D eigenvalue weighted by Crippen LogP contribution is -2.29. The van der Waals surface area contributed by atoms with Crippen LogP contribution in [0.2, 0.25) is 0 Å². The predicted octanol–water partition coefficient (Wildman–Crippen LogP) is 3.16. The summed E-state index contributed by atoms with van der Waals surface area (Å²) in [5, 5.41) is 0. The summed E-state index contributed by atoms with van der Waals surface area (Å²) < 4.78 is 10.7. The number of carbonyl (C=O) groups excluding carboxylic acids is 1. The van der Waals surface area contributed by atoms with Gasteiger partial charge in [0.25, 0.3) is 0 Å². The number of likely N-dealkylation sites (tertiary alicyclic amines) is 1. The number of piperidine rings is 1. The van der Waals surface area contributed by atoms with Gasteiger partial charge in [-0.3, -0.25) is 9.78 Å². The number of fused-ring (bicyclic) bond motifs is 1. The van der Waals surface area contributed by atoms with Crippen LogP contribution in [-0.2, 0) is 11.2 Å². The molecule has 2 aromatic rings. The monoisotopic (exact) mass is 350 g/mol. The van der Waals surface area contributed by atoms with Crippen molar-refractivity contribution in [2.75, 3.05) is 20.8 Å². The number of methoxy groups -OCH3 is 2. The summed E-state index contributed by atoms with van der Waals surface area (Å²) >= 11 is 0. The molecule has 1 aliphatic carbocycles. The third-order valence-corrected chi connectivity index (χ3v) is 5.12. The predicted molar refractivity (Wildman–Crippen MR) is 98.8 cm³/mol. The zero-order valence-corrected chi connectivity index (χ0v) is 15.0. The Hall–Kier alpha value is -2.82. The molecule has 134 valence electrons. The van der Waals surface area contributed by atoms with Gasteiger partial charge < -0.3 is 14.4 Å². The van der Waals surface area contributed by atoms with Gasteiger partial charge in [-0.2, -0.15) is 0 Å². The molecule has 0 bridgehead atoms. The molecule has 2 unspecified atom stereocenters. The van der Waals surface area contributed by atoms with Crippen LogP contribution in [0.15, 0.2) is 48.3 Å². The summed E-state index contributed by atoms with van der Waals surface area (Å²) in [6.45, 7) is 0.667. The van der Waals surface area contributed by atoms with E-state index in [-0.39, 0.29) is 11.8 Å². The molecule has 1 saturated heterocycles. The fourth-order valence-corrected chi connectivity index (χ4v) is 3.64. The average molecular weight is 350 g/mol. The summed E-state index contributed by atoms with van der Waals surface area (Å²) in [5.74, 6) is 2.22. The van der Waals surface area contributed by atoms with Crippen molar-refractivity contribution in [3.8, 4) is 11.5 Å². The first-order valence-electron chi connectivity index (χ1n) is 8.86. The van der Waals surface area contributed by atoms with Gasteiger partial charge >= 0.3 is 0 Å². The van der Waals surface area contributed by atoms with E-state index in [9.17, 15) is 4.79 Å². The Balaban J connectivity index is 1.52. The number of pyridine rings is 1. The number of allylic oxidation sites excluding steroid dienone is 1. The summed E-state index contributed by atoms with van der Waals surface area (Å²) in [6.07, 6.45) is 5.58. The highest BCUT2D eigenvalue weighted by Gasteiger charge is 2.55. The molecule has 4 rings (SSSR count). The van der Waals surface area contributed by atoms with E-state index in [1.54, 1.807) is 20.4 Å². The number of amides is 1. The Morgan fingerprint density at radius 2 is 2.00 bits per heavy atom. The van der Waals surface area contributed by atoms with E-state index in [4.69, 9.17) is 9.47 Å². The molecule has 1 aromatic carbocycles. The van der Waals surface area contributed by atoms with Gasteiger partial charge in [-0.15, -0.1) is 0 Å². The van der Waals surface area contributed by atoms with Crippen LogP contribution < -0.4 is 9.47 Å². The first-order valence-corrected chi connectivity index (χ1v) is 8.86. The lowest BCUT2D eigenvalue weighted by molar-refractivity contribution is -0.128. The Labute approximate surface area is 153 Å². The third kappa shape index (κ3) is 3.05. The van der Waals surface area contributed by atoms with Crippen molar-refractivity contribution in [1.29, 1.82) is 0 Å². The molecule has 2 fully saturated rings. The molecule has 0 N–H and O–H groups in total. The van der Waals surface area contributed by atoms with E-state index < -0.39 is 0 Å². The second-order valence-electron chi connectivity index (χ2n) is 6.70. The number of ether oxygens (including phenoxy) is 2. The van der Waals surface area contributed by atoms with Crippen LogP contribution in [0.1, 0.15) is 17.7 Å². The Kier molecular flexibility index (Phi) is 4.37. The van der Waals surface area contributed by atoms with E-state index in [1.165, 1.54) is 0 Å². The molecule has 2 aliphatic rings. The normalized spacial score (nSPS) is 22.5. The first-order chi connectivity index (χ1) is 12.7. The largest absolute Gasteiger partial charge is 0.493 e. The lowest BCUT2D eigenvalue weighted by atomic mass is 10.1. The van der Waals surface area contributed by atoms with Gasteiger partial charge in [0.15, 0.2) is 11.5 Å². The highest BCUT2D eigenvalue weighted by Crippen LogP contribution is 2.53. The van der Waals surface area contributed by atoms with Crippen LogP contribution in [0.3, 0.4) is 0 Å². The maximum Gasteiger partial charge on any atom is 0.230 e. The summed E-state index contributed by atoms with van der Waals surface area (Å²) in [6, 6.07) is 11.7. The van der Waals surface area contributed by atoms with Gasteiger partial charge in [-0.1, -0.05) is 12.1 Å². The number of hydrogen-bond acceptors (Lipinski definition) is 4. The SMILES string of the molecule is COc1ccc(CCN2C(=O)C3CC3/C2=C/c2ccccn2)cc1OC. The number of nitrogens with zero attached hydrogens (tertiary/aromatic N) is 2. The molecule has 0 spiro atoms. The molecule has 0 radical (unpaired) electrons. The van der Waals surface area contributed by atoms with E-state index in [1.807, 2.05) is 41.3 Å². The van der Waals surface area contributed by atoms with Gasteiger partial charge in [0.05, 0.1) is 19.9 Å². The second kappa shape index (κ2) is 6.83. The van der Waals surface area contributed by atoms with Crippen LogP contribution in [0.5, 0.6) is 11.5 Å². The smallest absolute Gasteiger partial charge is 0.230 e. The average Bonchev–Trinajstić information content (AvgIpc) is 3.43. The summed E-state index contributed by atoms with van der Waals surface area (Å²) in [5.41, 5.74) is 3.13. The minimum Gasteiger partial charge on any atom is -0.493 e. The van der Waals surface area contributed by atoms with E-state index >= 15 is 0 Å². The summed E-state index contributed by atoms with van der Waals surface area (Å²) in [4.78, 5) is 18.9. The number of aromatic nitrogens is 1. The number of carbonyl (C=O) groups is 1. The fourth-order valence-electron chi connectivity index (χ4n) is 3.64. The lowest BCUT2D eigenvalue weighted by Gasteiger charge is -2.21. The highest BCUT2D eigenvalue weighted by atomic mass is 16.5. The van der Waals surface area contributed by atoms with Crippen LogP contribution in [-0.4, -0.2) is 36.6 Å². The quantitative estimate of drug-likeness (QED) is 0.803. The van der Waals surface area contributed by atoms with Gasteiger partial charge in [-0.25, -0.2) is 0 Å². The minimum absolute atomic E-state index is 0.176. The van der Waals surface area contributed by atoms with Gasteiger partial charge in [-0.05, 0) is 48.7 Å². The molecule has 26 heavy (non-hydrogen) atoms. The topological polar surface area (TPSA) is 51.7 Å². The van der Waals surface area contributed by atoms with E-state index in [0.29, 0.717) is 24.0 Å². The Morgan fingerprint density at radius 1 is 1.15 bits per heavy atom. The third-order valence-electron chi connectivity index (χ3n) is 5.12. The Bertz CT molecular complexity index is 848. The van der Waals surface area contributed by atoms with Gasteiger partial charge in [0.2, 0.25) is 5.91 Å². The van der Waals surface area contributed by atoms with Crippen molar-refractivity contribution >= 4 is 12.0 Å². The van der Waals surface area contributed by atoms with Crippen LogP contribution >= 0.6 is 0 Å². The molecular formula is C21H22N2O3. The van der Waals surface area contributed by atoms with Crippen LogP contribution in [0, 0.1) is 11.8 Å². The molecule has 1 aliphatic heterocycles. The molecule has 1 saturated carbocycles. The highest BCUT2D eigenvalue weighted by molar-refractivity contribution is 5.89. The number of rotatable bonds is 6. The number of benzene rings is 1. The van der Waals surface area contributed by atoms with E-state index in [0.717, 1.165) is 29.8 Å². The van der Waals surface area contributed by atoms with Crippen LogP contribution in [0.25, 0.3) is 6.08 Å². The molecule has 2 heterocycles. The second-order valence-corrected chi connectivity index (χ2v) is 6.70. The standard InChI is InChI=1S/C21H22N2O3/c1-25-19-7-6-14(11-20(19)26-2)8-10-23-18(16-13-17(16)21(23)24)12-15-5-3-4-9-22-15/h3-7,9,11-12,16-17H,8,10,13H2,1-2H3/b18-12-. The fraction of sp³-hybridized carbons (Fsp3) is 0.333. The van der Waals surface area contributed by atoms with Crippen LogP contribution in [0.4, 0.5) is 0 Å². The van der Waals surface area contributed by atoms with Crippen molar-refractivity contribution in [2.24, 2.45) is 11.8 Å². The van der Waals surface area contributed by atoms with Crippen molar-refractivity contribution in [3.63, 3.8) is 0 Å². The zero-order valence-electron chi connectivity index (χ0n) is 15.0. The minimum atomic E-state index is 0.176. The molecule has 1 amide bonds. The maximum absolute atomic E-state index is 12.6. The Morgan fingerprint density at radius 3 is 2.73 bits per heavy atom. The number of hydrogen-bond donors (Lipinski definition) is 0. The van der Waals surface area contributed by atoms with E-state index in [2.05, 4.69) is 11.1 Å². The van der Waals surface area contributed by atoms with Crippen molar-refractivity contribution in [3.05, 3.63) is 59.5 Å². The van der Waals surface area contributed by atoms with Crippen molar-refractivity contribution in [2.45, 2.75) is 12.8 Å². The molecular weight excluding hydrogens is 328 g/mol. The zero-order chi connectivity index (χ0) is 18.1. The molecule has 5 heteroatoms. The van der Waals surface area contributed by atoms with Crippen molar-refractivity contribution in [1.82, 2.24) is 9.88 Å². The first kappa shape index (κ1) is 16.6. The molecule has 5 nitrogen and oxygen atoms in total. The van der Waals surface area contributed by atoms with Crippen molar-refractivity contribution < 1.29 is 14.3 Å². The molecule has 2 atom stereocenters. The summed E-state index contributed by atoms with van der Waals surface area (Å²) in [7, 11) is 3.26. The van der Waals surface area contributed by atoms with Gasteiger partial charge in [0, 0.05) is 30.3 Å².